The van der Waals surface area contributed by atoms with Crippen molar-refractivity contribution in [2.75, 3.05) is 18.4 Å². The molecule has 9 nitrogen and oxygen atoms in total. The molecule has 0 aromatic carbocycles. The van der Waals surface area contributed by atoms with E-state index >= 15 is 0 Å². The zero-order chi connectivity index (χ0) is 26.2. The lowest BCUT2D eigenvalue weighted by Gasteiger charge is -2.42. The molecular weight excluding hydrogens is 482 g/mol. The number of aryl methyl sites for hydroxylation is 1. The van der Waals surface area contributed by atoms with Crippen LogP contribution >= 0.6 is 0 Å². The van der Waals surface area contributed by atoms with Crippen LogP contribution in [0.5, 0.6) is 0 Å². The largest absolute Gasteiger partial charge is 0.417 e. The lowest BCUT2D eigenvalue weighted by atomic mass is 10.0. The van der Waals surface area contributed by atoms with Gasteiger partial charge in [-0.25, -0.2) is 19.3 Å². The summed E-state index contributed by atoms with van der Waals surface area (Å²) in [6, 6.07) is 1.69. The van der Waals surface area contributed by atoms with Crippen molar-refractivity contribution in [3.05, 3.63) is 53.5 Å². The topological polar surface area (TPSA) is 98.1 Å². The van der Waals surface area contributed by atoms with Gasteiger partial charge in [0.15, 0.2) is 17.3 Å². The lowest BCUT2D eigenvalue weighted by molar-refractivity contribution is -0.137. The van der Waals surface area contributed by atoms with E-state index < -0.39 is 35.6 Å². The Morgan fingerprint density at radius 2 is 1.89 bits per heavy atom. The van der Waals surface area contributed by atoms with Gasteiger partial charge in [0.05, 0.1) is 41.8 Å². The van der Waals surface area contributed by atoms with Crippen molar-refractivity contribution in [1.82, 2.24) is 29.6 Å². The molecule has 0 radical (unpaired) electrons. The minimum Gasteiger partial charge on any atom is -0.372 e. The Morgan fingerprint density at radius 1 is 1.19 bits per heavy atom. The summed E-state index contributed by atoms with van der Waals surface area (Å²) >= 11 is 0. The number of alkyl halides is 3. The second-order valence-electron chi connectivity index (χ2n) is 8.64. The van der Waals surface area contributed by atoms with E-state index in [-0.39, 0.29) is 38.0 Å². The molecule has 194 valence electrons. The number of rotatable bonds is 5. The maximum Gasteiger partial charge on any atom is 0.417 e. The normalized spacial score (nSPS) is 20.4. The third kappa shape index (κ3) is 5.15. The first-order chi connectivity index (χ1) is 17.0. The van der Waals surface area contributed by atoms with Crippen molar-refractivity contribution in [3.63, 3.8) is 0 Å². The molecule has 4 rings (SSSR count). The zero-order valence-corrected chi connectivity index (χ0v) is 20.0. The second-order valence-corrected chi connectivity index (χ2v) is 8.64. The summed E-state index contributed by atoms with van der Waals surface area (Å²) in [5.74, 6) is -0.596. The molecule has 3 atom stereocenters. The van der Waals surface area contributed by atoms with Crippen molar-refractivity contribution in [2.45, 2.75) is 45.2 Å². The lowest BCUT2D eigenvalue weighted by Crippen LogP contribution is -2.58. The molecule has 1 N–H and O–H groups in total. The van der Waals surface area contributed by atoms with E-state index in [9.17, 15) is 22.4 Å². The molecule has 0 bridgehead atoms. The molecule has 1 fully saturated rings. The number of morpholine rings is 1. The molecule has 0 aliphatic carbocycles. The van der Waals surface area contributed by atoms with Gasteiger partial charge >= 0.3 is 6.18 Å². The Morgan fingerprint density at radius 3 is 2.50 bits per heavy atom. The zero-order valence-electron chi connectivity index (χ0n) is 20.0. The fourth-order valence-corrected chi connectivity index (χ4v) is 4.15. The highest BCUT2D eigenvalue weighted by Crippen LogP contribution is 2.30. The van der Waals surface area contributed by atoms with Crippen molar-refractivity contribution < 1.29 is 28.5 Å². The van der Waals surface area contributed by atoms with Crippen LogP contribution in [0.2, 0.25) is 0 Å². The minimum absolute atomic E-state index is 0. The van der Waals surface area contributed by atoms with Crippen LogP contribution < -0.4 is 5.32 Å². The van der Waals surface area contributed by atoms with E-state index in [1.54, 1.807) is 18.9 Å². The molecule has 1 saturated heterocycles. The summed E-state index contributed by atoms with van der Waals surface area (Å²) < 4.78 is 59.4. The van der Waals surface area contributed by atoms with Gasteiger partial charge in [-0.2, -0.15) is 18.3 Å². The second kappa shape index (κ2) is 9.80. The number of carbonyl (C=O) groups is 1. The van der Waals surface area contributed by atoms with Crippen molar-refractivity contribution in [2.24, 2.45) is 7.05 Å². The highest BCUT2D eigenvalue weighted by atomic mass is 19.4. The van der Waals surface area contributed by atoms with Crippen LogP contribution in [0.3, 0.4) is 0 Å². The molecule has 1 amide bonds. The van der Waals surface area contributed by atoms with Crippen molar-refractivity contribution in [3.8, 4) is 11.4 Å². The van der Waals surface area contributed by atoms with Gasteiger partial charge < -0.3 is 15.0 Å². The number of aromatic nitrogens is 5. The number of anilines is 1. The van der Waals surface area contributed by atoms with Gasteiger partial charge in [0.1, 0.15) is 5.82 Å². The Hall–Kier alpha value is -3.61. The number of hydrogen-bond acceptors (Lipinski definition) is 7. The van der Waals surface area contributed by atoms with Gasteiger partial charge in [0, 0.05) is 33.5 Å². The van der Waals surface area contributed by atoms with Crippen LogP contribution in [0.25, 0.3) is 11.4 Å². The molecule has 0 spiro atoms. The summed E-state index contributed by atoms with van der Waals surface area (Å²) in [6.45, 7) is 5.84. The number of carbonyl (C=O) groups excluding carboxylic acids is 1. The Kier molecular flexibility index (Phi) is 6.94. The standard InChI is InChI=1S/C23H25F4N7O2.H2/c1-12-11-34(17(14(3)36-12)10-29-18-6-5-15(7-28-18)23(25,26)27)22(35)20-19(13(2)33(4)32-20)21-30-8-16(24)9-31-21;/h5-9,12,14,17H,10-11H2,1-4H3,(H,28,29);1H/t12-,14+,17-;/m1./s1. The minimum atomic E-state index is -4.48. The number of pyridine rings is 1. The molecule has 1 aliphatic heterocycles. The summed E-state index contributed by atoms with van der Waals surface area (Å²) in [5.41, 5.74) is 0.281. The van der Waals surface area contributed by atoms with E-state index in [2.05, 4.69) is 25.4 Å². The van der Waals surface area contributed by atoms with Gasteiger partial charge in [-0.05, 0) is 32.9 Å². The first kappa shape index (κ1) is 25.5. The van der Waals surface area contributed by atoms with Gasteiger partial charge in [-0.1, -0.05) is 0 Å². The molecule has 4 heterocycles. The van der Waals surface area contributed by atoms with Gasteiger partial charge in [-0.3, -0.25) is 9.48 Å². The van der Waals surface area contributed by atoms with E-state index in [1.807, 2.05) is 13.8 Å². The highest BCUT2D eigenvalue weighted by Gasteiger charge is 2.38. The number of hydrogen-bond donors (Lipinski definition) is 1. The fraction of sp³-hybridized carbons (Fsp3) is 0.435. The molecule has 13 heteroatoms. The summed E-state index contributed by atoms with van der Waals surface area (Å²) in [6.07, 6.45) is -2.35. The SMILES string of the molecule is Cc1c(-c2ncc(F)cn2)c(C(=O)N2C[C@@H](C)O[C@@H](C)[C@H]2CNc2ccc(C(F)(F)F)cn2)nn1C.[HH]. The third-order valence-electron chi connectivity index (χ3n) is 6.07. The monoisotopic (exact) mass is 509 g/mol. The van der Waals surface area contributed by atoms with Gasteiger partial charge in [-0.15, -0.1) is 0 Å². The summed E-state index contributed by atoms with van der Waals surface area (Å²) in [4.78, 5) is 27.3. The number of nitrogens with one attached hydrogen (secondary N) is 1. The number of ether oxygens (including phenoxy) is 1. The van der Waals surface area contributed by atoms with Crippen LogP contribution in [0.4, 0.5) is 23.4 Å². The smallest absolute Gasteiger partial charge is 0.372 e. The van der Waals surface area contributed by atoms with Crippen LogP contribution in [-0.2, 0) is 18.0 Å². The van der Waals surface area contributed by atoms with Crippen LogP contribution in [0, 0.1) is 12.7 Å². The van der Waals surface area contributed by atoms with Crippen molar-refractivity contribution >= 4 is 11.7 Å². The van der Waals surface area contributed by atoms with Crippen molar-refractivity contribution in [1.29, 1.82) is 0 Å². The molecule has 0 saturated carbocycles. The fourth-order valence-electron chi connectivity index (χ4n) is 4.15. The molecule has 1 aliphatic rings. The Bertz CT molecular complexity index is 1240. The molecular formula is C23H27F4N7O2. The third-order valence-corrected chi connectivity index (χ3v) is 6.07. The Labute approximate surface area is 206 Å². The van der Waals surface area contributed by atoms with Crippen LogP contribution in [0.1, 0.15) is 37.0 Å². The predicted molar refractivity (Wildman–Crippen MR) is 124 cm³/mol. The first-order valence-corrected chi connectivity index (χ1v) is 11.2. The number of halogens is 4. The van der Waals surface area contributed by atoms with Gasteiger partial charge in [0.25, 0.3) is 5.91 Å². The van der Waals surface area contributed by atoms with E-state index in [0.717, 1.165) is 24.7 Å². The maximum atomic E-state index is 13.8. The summed E-state index contributed by atoms with van der Waals surface area (Å²) in [5, 5.41) is 7.39. The number of nitrogens with zero attached hydrogens (tertiary/aromatic N) is 6. The van der Waals surface area contributed by atoms with Crippen LogP contribution in [0.15, 0.2) is 30.7 Å². The van der Waals surface area contributed by atoms with E-state index in [4.69, 9.17) is 4.74 Å². The average Bonchev–Trinajstić information content (AvgIpc) is 3.12. The summed E-state index contributed by atoms with van der Waals surface area (Å²) in [7, 11) is 1.68. The number of amides is 1. The Balaban J connectivity index is 0.00000380. The van der Waals surface area contributed by atoms with Gasteiger partial charge in [0.2, 0.25) is 0 Å². The molecule has 3 aromatic rings. The van der Waals surface area contributed by atoms with Crippen LogP contribution in [-0.4, -0.2) is 66.9 Å². The molecule has 36 heavy (non-hydrogen) atoms. The maximum absolute atomic E-state index is 13.8. The first-order valence-electron chi connectivity index (χ1n) is 11.2. The molecule has 0 unspecified atom stereocenters. The molecule has 3 aromatic heterocycles. The quantitative estimate of drug-likeness (QED) is 0.524. The average molecular weight is 510 g/mol. The predicted octanol–water partition coefficient (Wildman–Crippen LogP) is 3.71. The van der Waals surface area contributed by atoms with E-state index in [0.29, 0.717) is 11.3 Å². The van der Waals surface area contributed by atoms with E-state index in [1.165, 1.54) is 10.7 Å². The highest BCUT2D eigenvalue weighted by molar-refractivity contribution is 5.99.